The van der Waals surface area contributed by atoms with E-state index in [4.69, 9.17) is 9.47 Å². The second kappa shape index (κ2) is 9.53. The molecule has 1 atom stereocenters. The van der Waals surface area contributed by atoms with Crippen LogP contribution >= 0.6 is 0 Å². The lowest BCUT2D eigenvalue weighted by molar-refractivity contribution is 0.0261. The number of ether oxygens (including phenoxy) is 2. The fraction of sp³-hybridized carbons (Fsp3) is 0.611. The fourth-order valence-corrected chi connectivity index (χ4v) is 2.99. The Labute approximate surface area is 139 Å². The molecule has 1 saturated heterocycles. The zero-order chi connectivity index (χ0) is 16.5. The SMILES string of the molecule is CCOC1CCN(C(=NC)NCC(OC)c2ccccc2)CC1. The van der Waals surface area contributed by atoms with Crippen molar-refractivity contribution in [2.24, 2.45) is 4.99 Å². The van der Waals surface area contributed by atoms with Crippen LogP contribution in [0.4, 0.5) is 0 Å². The fourth-order valence-electron chi connectivity index (χ4n) is 2.99. The third-order valence-electron chi connectivity index (χ3n) is 4.26. The van der Waals surface area contributed by atoms with E-state index in [2.05, 4.69) is 34.3 Å². The number of nitrogens with one attached hydrogen (secondary N) is 1. The van der Waals surface area contributed by atoms with Crippen molar-refractivity contribution in [3.8, 4) is 0 Å². The number of guanidine groups is 1. The second-order valence-corrected chi connectivity index (χ2v) is 5.70. The van der Waals surface area contributed by atoms with Crippen LogP contribution in [0.25, 0.3) is 0 Å². The normalized spacial score (nSPS) is 18.0. The third kappa shape index (κ3) is 5.22. The molecule has 0 aromatic heterocycles. The highest BCUT2D eigenvalue weighted by molar-refractivity contribution is 5.80. The Morgan fingerprint density at radius 1 is 1.30 bits per heavy atom. The largest absolute Gasteiger partial charge is 0.378 e. The van der Waals surface area contributed by atoms with Crippen LogP contribution in [0.1, 0.15) is 31.4 Å². The number of benzene rings is 1. The summed E-state index contributed by atoms with van der Waals surface area (Å²) in [5, 5.41) is 3.45. The van der Waals surface area contributed by atoms with Gasteiger partial charge in [0.05, 0.1) is 12.2 Å². The first-order chi connectivity index (χ1) is 11.3. The van der Waals surface area contributed by atoms with Gasteiger partial charge in [0.2, 0.25) is 0 Å². The number of piperidine rings is 1. The van der Waals surface area contributed by atoms with Crippen molar-refractivity contribution in [3.05, 3.63) is 35.9 Å². The Balaban J connectivity index is 1.85. The minimum absolute atomic E-state index is 0.0221. The van der Waals surface area contributed by atoms with Crippen molar-refractivity contribution in [1.29, 1.82) is 0 Å². The summed E-state index contributed by atoms with van der Waals surface area (Å²) in [5.41, 5.74) is 1.17. The summed E-state index contributed by atoms with van der Waals surface area (Å²) in [6.45, 7) is 5.52. The molecule has 5 nitrogen and oxygen atoms in total. The molecule has 0 aliphatic carbocycles. The summed E-state index contributed by atoms with van der Waals surface area (Å²) < 4.78 is 11.3. The summed E-state index contributed by atoms with van der Waals surface area (Å²) in [6, 6.07) is 10.3. The highest BCUT2D eigenvalue weighted by atomic mass is 16.5. The topological polar surface area (TPSA) is 46.1 Å². The van der Waals surface area contributed by atoms with Crippen LogP contribution in [-0.2, 0) is 9.47 Å². The van der Waals surface area contributed by atoms with Crippen molar-refractivity contribution in [2.45, 2.75) is 32.0 Å². The molecule has 1 unspecified atom stereocenters. The molecule has 5 heteroatoms. The minimum Gasteiger partial charge on any atom is -0.378 e. The van der Waals surface area contributed by atoms with Crippen LogP contribution < -0.4 is 5.32 Å². The van der Waals surface area contributed by atoms with Gasteiger partial charge >= 0.3 is 0 Å². The summed E-state index contributed by atoms with van der Waals surface area (Å²) in [6.07, 6.45) is 2.53. The lowest BCUT2D eigenvalue weighted by Crippen LogP contribution is -2.47. The first kappa shape index (κ1) is 17.8. The molecule has 1 N–H and O–H groups in total. The van der Waals surface area contributed by atoms with Gasteiger partial charge in [0.15, 0.2) is 5.96 Å². The van der Waals surface area contributed by atoms with E-state index >= 15 is 0 Å². The minimum atomic E-state index is 0.0221. The van der Waals surface area contributed by atoms with Gasteiger partial charge in [-0.2, -0.15) is 0 Å². The summed E-state index contributed by atoms with van der Waals surface area (Å²) in [7, 11) is 3.58. The van der Waals surface area contributed by atoms with Gasteiger partial charge in [-0.15, -0.1) is 0 Å². The molecule has 0 radical (unpaired) electrons. The van der Waals surface area contributed by atoms with Crippen molar-refractivity contribution in [2.75, 3.05) is 40.4 Å². The van der Waals surface area contributed by atoms with Crippen LogP contribution in [0, 0.1) is 0 Å². The van der Waals surface area contributed by atoms with Crippen molar-refractivity contribution < 1.29 is 9.47 Å². The predicted molar refractivity (Wildman–Crippen MR) is 93.8 cm³/mol. The predicted octanol–water partition coefficient (Wildman–Crippen LogP) is 2.45. The molecule has 1 aliphatic heterocycles. The summed E-state index contributed by atoms with van der Waals surface area (Å²) in [4.78, 5) is 6.72. The van der Waals surface area contributed by atoms with Gasteiger partial charge < -0.3 is 19.7 Å². The Hall–Kier alpha value is -1.59. The van der Waals surface area contributed by atoms with E-state index in [0.717, 1.165) is 38.5 Å². The number of hydrogen-bond donors (Lipinski definition) is 1. The van der Waals surface area contributed by atoms with Crippen LogP contribution in [0.5, 0.6) is 0 Å². The standard InChI is InChI=1S/C18H29N3O2/c1-4-23-16-10-12-21(13-11-16)18(19-2)20-14-17(22-3)15-8-6-5-7-9-15/h5-9,16-17H,4,10-14H2,1-3H3,(H,19,20). The zero-order valence-electron chi connectivity index (χ0n) is 14.5. The van der Waals surface area contributed by atoms with Gasteiger partial charge in [0.1, 0.15) is 0 Å². The van der Waals surface area contributed by atoms with E-state index in [1.54, 1.807) is 7.11 Å². The first-order valence-electron chi connectivity index (χ1n) is 8.43. The number of rotatable bonds is 6. The number of likely N-dealkylation sites (tertiary alicyclic amines) is 1. The molecular formula is C18H29N3O2. The van der Waals surface area contributed by atoms with E-state index in [9.17, 15) is 0 Å². The summed E-state index contributed by atoms with van der Waals surface area (Å²) in [5.74, 6) is 0.943. The monoisotopic (exact) mass is 319 g/mol. The molecule has 0 saturated carbocycles. The van der Waals surface area contributed by atoms with Crippen molar-refractivity contribution >= 4 is 5.96 Å². The van der Waals surface area contributed by atoms with E-state index in [-0.39, 0.29) is 6.10 Å². The quantitative estimate of drug-likeness (QED) is 0.646. The maximum absolute atomic E-state index is 5.71. The lowest BCUT2D eigenvalue weighted by atomic mass is 10.1. The molecule has 1 aromatic carbocycles. The average Bonchev–Trinajstić information content (AvgIpc) is 2.61. The van der Waals surface area contributed by atoms with Crippen LogP contribution in [0.15, 0.2) is 35.3 Å². The maximum atomic E-state index is 5.71. The lowest BCUT2D eigenvalue weighted by Gasteiger charge is -2.34. The molecular weight excluding hydrogens is 290 g/mol. The highest BCUT2D eigenvalue weighted by Crippen LogP contribution is 2.16. The molecule has 0 amide bonds. The molecule has 1 aliphatic rings. The van der Waals surface area contributed by atoms with Crippen LogP contribution in [0.2, 0.25) is 0 Å². The van der Waals surface area contributed by atoms with Crippen molar-refractivity contribution in [1.82, 2.24) is 10.2 Å². The van der Waals surface area contributed by atoms with Crippen molar-refractivity contribution in [3.63, 3.8) is 0 Å². The molecule has 1 heterocycles. The van der Waals surface area contributed by atoms with Gasteiger partial charge in [-0.25, -0.2) is 0 Å². The van der Waals surface area contributed by atoms with Gasteiger partial charge in [0.25, 0.3) is 0 Å². The Bertz CT molecular complexity index is 470. The van der Waals surface area contributed by atoms with E-state index in [0.29, 0.717) is 12.6 Å². The maximum Gasteiger partial charge on any atom is 0.193 e. The summed E-state index contributed by atoms with van der Waals surface area (Å²) >= 11 is 0. The highest BCUT2D eigenvalue weighted by Gasteiger charge is 2.22. The molecule has 1 aromatic rings. The molecule has 23 heavy (non-hydrogen) atoms. The molecule has 2 rings (SSSR count). The molecule has 0 spiro atoms. The third-order valence-corrected chi connectivity index (χ3v) is 4.26. The average molecular weight is 319 g/mol. The van der Waals surface area contributed by atoms with Gasteiger partial charge in [-0.1, -0.05) is 30.3 Å². The van der Waals surface area contributed by atoms with Gasteiger partial charge in [-0.05, 0) is 25.3 Å². The van der Waals surface area contributed by atoms with E-state index < -0.39 is 0 Å². The molecule has 1 fully saturated rings. The molecule has 128 valence electrons. The number of nitrogens with zero attached hydrogens (tertiary/aromatic N) is 2. The molecule has 0 bridgehead atoms. The zero-order valence-corrected chi connectivity index (χ0v) is 14.5. The number of methoxy groups -OCH3 is 1. The second-order valence-electron chi connectivity index (χ2n) is 5.70. The van der Waals surface area contributed by atoms with Gasteiger partial charge in [0, 0.05) is 40.4 Å². The number of aliphatic imine (C=N–C) groups is 1. The Morgan fingerprint density at radius 2 is 2.00 bits per heavy atom. The van der Waals surface area contributed by atoms with E-state index in [1.165, 1.54) is 5.56 Å². The first-order valence-corrected chi connectivity index (χ1v) is 8.43. The smallest absolute Gasteiger partial charge is 0.193 e. The van der Waals surface area contributed by atoms with E-state index in [1.807, 2.05) is 25.2 Å². The Morgan fingerprint density at radius 3 is 2.57 bits per heavy atom. The van der Waals surface area contributed by atoms with Crippen LogP contribution in [-0.4, -0.2) is 57.4 Å². The van der Waals surface area contributed by atoms with Gasteiger partial charge in [-0.3, -0.25) is 4.99 Å². The van der Waals surface area contributed by atoms with Crippen LogP contribution in [0.3, 0.4) is 0 Å². The number of hydrogen-bond acceptors (Lipinski definition) is 3. The Kier molecular flexibility index (Phi) is 7.36.